The molecule has 1 saturated heterocycles. The lowest BCUT2D eigenvalue weighted by Gasteiger charge is -2.33. The molecular weight excluding hydrogens is 366 g/mol. The van der Waals surface area contributed by atoms with Gasteiger partial charge in [0.05, 0.1) is 30.0 Å². The molecule has 1 unspecified atom stereocenters. The summed E-state index contributed by atoms with van der Waals surface area (Å²) >= 11 is 3.05. The number of nitrogens with zero attached hydrogens (tertiary/aromatic N) is 1. The van der Waals surface area contributed by atoms with Crippen LogP contribution < -0.4 is 10.6 Å². The van der Waals surface area contributed by atoms with E-state index in [4.69, 9.17) is 4.74 Å². The van der Waals surface area contributed by atoms with Crippen molar-refractivity contribution in [2.45, 2.75) is 45.2 Å². The lowest BCUT2D eigenvalue weighted by molar-refractivity contribution is -0.247. The molecule has 133 valence electrons. The number of hydrogen-bond acceptors (Lipinski definition) is 4. The molecule has 23 heavy (non-hydrogen) atoms. The van der Waals surface area contributed by atoms with Gasteiger partial charge in [-0.2, -0.15) is 0 Å². The molecular formula is C15H27BrN3O4. The van der Waals surface area contributed by atoms with Crippen molar-refractivity contribution in [1.29, 1.82) is 0 Å². The fraction of sp³-hybridized carbons (Fsp3) is 0.867. The molecule has 1 aliphatic rings. The molecule has 8 heteroatoms. The van der Waals surface area contributed by atoms with Gasteiger partial charge in [-0.3, -0.25) is 9.59 Å². The number of ether oxygens (including phenoxy) is 1. The summed E-state index contributed by atoms with van der Waals surface area (Å²) in [7, 11) is 0. The molecule has 1 aliphatic heterocycles. The van der Waals surface area contributed by atoms with E-state index in [0.29, 0.717) is 32.7 Å². The first-order chi connectivity index (χ1) is 10.6. The van der Waals surface area contributed by atoms with E-state index in [1.165, 1.54) is 0 Å². The second-order valence-corrected chi connectivity index (χ2v) is 7.46. The largest absolute Gasteiger partial charge is 0.378 e. The molecule has 1 rings (SSSR count). The van der Waals surface area contributed by atoms with Gasteiger partial charge in [-0.15, -0.1) is 10.3 Å². The van der Waals surface area contributed by atoms with Crippen molar-refractivity contribution in [3.63, 3.8) is 0 Å². The molecule has 0 bridgehead atoms. The topological polar surface area (TPSA) is 90.6 Å². The summed E-state index contributed by atoms with van der Waals surface area (Å²) in [5.41, 5.74) is -1.25. The third kappa shape index (κ3) is 5.41. The van der Waals surface area contributed by atoms with E-state index in [1.807, 2.05) is 27.7 Å². The summed E-state index contributed by atoms with van der Waals surface area (Å²) in [4.78, 5) is 23.3. The smallest absolute Gasteiger partial charge is 0.230 e. The third-order valence-electron chi connectivity index (χ3n) is 4.18. The minimum Gasteiger partial charge on any atom is -0.378 e. The van der Waals surface area contributed by atoms with Crippen molar-refractivity contribution >= 4 is 27.7 Å². The highest BCUT2D eigenvalue weighted by Gasteiger charge is 2.55. The molecule has 0 aromatic rings. The fourth-order valence-electron chi connectivity index (χ4n) is 2.95. The zero-order chi connectivity index (χ0) is 17.7. The van der Waals surface area contributed by atoms with Crippen LogP contribution >= 0.6 is 15.9 Å². The van der Waals surface area contributed by atoms with Gasteiger partial charge in [0.25, 0.3) is 0 Å². The number of carbonyl (C=O) groups is 2. The maximum atomic E-state index is 12.3. The maximum absolute atomic E-state index is 12.3. The molecule has 0 aromatic heterocycles. The Labute approximate surface area is 146 Å². The molecule has 0 saturated carbocycles. The Kier molecular flexibility index (Phi) is 7.44. The lowest BCUT2D eigenvalue weighted by atomic mass is 9.86. The van der Waals surface area contributed by atoms with E-state index in [2.05, 4.69) is 26.6 Å². The van der Waals surface area contributed by atoms with Crippen LogP contribution in [0, 0.1) is 5.92 Å². The van der Waals surface area contributed by atoms with Gasteiger partial charge in [0.1, 0.15) is 0 Å². The number of carbonyl (C=O) groups excluding carboxylic acids is 2. The predicted molar refractivity (Wildman–Crippen MR) is 89.4 cm³/mol. The van der Waals surface area contributed by atoms with E-state index in [-0.39, 0.29) is 23.1 Å². The molecule has 1 radical (unpaired) electrons. The van der Waals surface area contributed by atoms with E-state index in [9.17, 15) is 14.8 Å². The first kappa shape index (κ1) is 20.3. The van der Waals surface area contributed by atoms with Crippen LogP contribution in [0.25, 0.3) is 0 Å². The fourth-order valence-corrected chi connectivity index (χ4v) is 3.15. The van der Waals surface area contributed by atoms with Crippen LogP contribution in [-0.4, -0.2) is 59.6 Å². The van der Waals surface area contributed by atoms with Crippen LogP contribution in [0.3, 0.4) is 0 Å². The van der Waals surface area contributed by atoms with Gasteiger partial charge in [0.2, 0.25) is 11.8 Å². The standard InChI is InChI=1S/C15H27BrN3O4/c1-14(2)9-11(15(3,4)19(14)22)13(21)18-6-8-23-7-5-17-12(20)10-16/h11H,5-10H2,1-4H3,(H,17,20)(H,18,21). The third-order valence-corrected chi connectivity index (χ3v) is 4.69. The summed E-state index contributed by atoms with van der Waals surface area (Å²) in [6.45, 7) is 8.92. The number of hydrogen-bond donors (Lipinski definition) is 2. The lowest BCUT2D eigenvalue weighted by Crippen LogP contribution is -2.49. The van der Waals surface area contributed by atoms with Crippen molar-refractivity contribution in [3.05, 3.63) is 0 Å². The Morgan fingerprint density at radius 2 is 1.74 bits per heavy atom. The summed E-state index contributed by atoms with van der Waals surface area (Å²) in [5, 5.41) is 19.1. The van der Waals surface area contributed by atoms with Crippen LogP contribution in [0.15, 0.2) is 0 Å². The minimum atomic E-state index is -0.714. The molecule has 0 aromatic carbocycles. The first-order valence-electron chi connectivity index (χ1n) is 7.78. The molecule has 2 N–H and O–H groups in total. The maximum Gasteiger partial charge on any atom is 0.230 e. The highest BCUT2D eigenvalue weighted by Crippen LogP contribution is 2.43. The van der Waals surface area contributed by atoms with Crippen molar-refractivity contribution in [2.24, 2.45) is 5.92 Å². The van der Waals surface area contributed by atoms with Gasteiger partial charge < -0.3 is 15.4 Å². The van der Waals surface area contributed by atoms with E-state index in [1.54, 1.807) is 0 Å². The van der Waals surface area contributed by atoms with E-state index < -0.39 is 11.1 Å². The Morgan fingerprint density at radius 3 is 2.22 bits per heavy atom. The summed E-state index contributed by atoms with van der Waals surface area (Å²) in [6.07, 6.45) is 0.536. The highest BCUT2D eigenvalue weighted by molar-refractivity contribution is 9.09. The Morgan fingerprint density at radius 1 is 1.17 bits per heavy atom. The van der Waals surface area contributed by atoms with Crippen molar-refractivity contribution in [1.82, 2.24) is 15.7 Å². The predicted octanol–water partition coefficient (Wildman–Crippen LogP) is 0.855. The van der Waals surface area contributed by atoms with Crippen molar-refractivity contribution < 1.29 is 19.5 Å². The molecule has 2 amide bonds. The average Bonchev–Trinajstić information content (AvgIpc) is 2.65. The molecule has 1 atom stereocenters. The molecule has 0 aliphatic carbocycles. The number of amides is 2. The summed E-state index contributed by atoms with van der Waals surface area (Å²) in [6, 6.07) is 0. The van der Waals surface area contributed by atoms with Crippen LogP contribution in [0.1, 0.15) is 34.1 Å². The van der Waals surface area contributed by atoms with Crippen molar-refractivity contribution in [2.75, 3.05) is 31.6 Å². The van der Waals surface area contributed by atoms with Gasteiger partial charge in [-0.25, -0.2) is 0 Å². The normalized spacial score (nSPS) is 22.8. The zero-order valence-electron chi connectivity index (χ0n) is 14.3. The number of hydroxylamine groups is 2. The van der Waals surface area contributed by atoms with Gasteiger partial charge >= 0.3 is 0 Å². The second-order valence-electron chi connectivity index (χ2n) is 6.90. The molecule has 7 nitrogen and oxygen atoms in total. The van der Waals surface area contributed by atoms with Crippen LogP contribution in [0.2, 0.25) is 0 Å². The van der Waals surface area contributed by atoms with Gasteiger partial charge in [-0.05, 0) is 34.1 Å². The second kappa shape index (κ2) is 8.41. The van der Waals surface area contributed by atoms with Crippen molar-refractivity contribution in [3.8, 4) is 0 Å². The van der Waals surface area contributed by atoms with Crippen LogP contribution in [0.4, 0.5) is 0 Å². The number of halogens is 1. The molecule has 0 spiro atoms. The average molecular weight is 393 g/mol. The zero-order valence-corrected chi connectivity index (χ0v) is 15.9. The monoisotopic (exact) mass is 392 g/mol. The summed E-state index contributed by atoms with van der Waals surface area (Å²) in [5.74, 6) is -0.541. The van der Waals surface area contributed by atoms with Crippen LogP contribution in [-0.2, 0) is 19.5 Å². The minimum absolute atomic E-state index is 0.0878. The highest BCUT2D eigenvalue weighted by atomic mass is 79.9. The summed E-state index contributed by atoms with van der Waals surface area (Å²) < 4.78 is 5.34. The number of rotatable bonds is 8. The Hall–Kier alpha value is -0.700. The Bertz CT molecular complexity index is 429. The Balaban J connectivity index is 2.26. The molecule has 1 fully saturated rings. The SMILES string of the molecule is CC1(C)CC(C(=O)NCCOCCNC(=O)CBr)C(C)(C)N1[O]. The van der Waals surface area contributed by atoms with Gasteiger partial charge in [0.15, 0.2) is 0 Å². The van der Waals surface area contributed by atoms with E-state index in [0.717, 1.165) is 5.06 Å². The number of alkyl halides is 1. The van der Waals surface area contributed by atoms with Gasteiger partial charge in [-0.1, -0.05) is 15.9 Å². The van der Waals surface area contributed by atoms with E-state index >= 15 is 0 Å². The quantitative estimate of drug-likeness (QED) is 0.473. The van der Waals surface area contributed by atoms with Crippen LogP contribution in [0.5, 0.6) is 0 Å². The van der Waals surface area contributed by atoms with Gasteiger partial charge in [0, 0.05) is 18.6 Å². The first-order valence-corrected chi connectivity index (χ1v) is 8.90. The molecule has 1 heterocycles. The number of nitrogens with one attached hydrogen (secondary N) is 2.